The van der Waals surface area contributed by atoms with Gasteiger partial charge < -0.3 is 19.8 Å². The van der Waals surface area contributed by atoms with E-state index in [2.05, 4.69) is 25.5 Å². The summed E-state index contributed by atoms with van der Waals surface area (Å²) in [4.78, 5) is 51.9. The van der Waals surface area contributed by atoms with Crippen LogP contribution in [0.4, 0.5) is 25.8 Å². The summed E-state index contributed by atoms with van der Waals surface area (Å²) < 4.78 is 28.9. The summed E-state index contributed by atoms with van der Waals surface area (Å²) in [6, 6.07) is 13.0. The molecule has 1 fully saturated rings. The number of nitrogens with zero attached hydrogens (tertiary/aromatic N) is 3. The number of hydrogen-bond donors (Lipinski definition) is 2. The summed E-state index contributed by atoms with van der Waals surface area (Å²) in [5, 5.41) is 3.13. The number of ether oxygens (including phenoxy) is 1. The molecule has 4 rings (SSSR count). The summed E-state index contributed by atoms with van der Waals surface area (Å²) in [6.45, 7) is -0.792. The molecule has 2 amide bonds. The van der Waals surface area contributed by atoms with Gasteiger partial charge in [-0.3, -0.25) is 9.59 Å². The molecular formula is C25H23F2N5O5. The van der Waals surface area contributed by atoms with Crippen LogP contribution in [-0.2, 0) is 14.4 Å². The molecular weight excluding hydrogens is 488 g/mol. The Morgan fingerprint density at radius 3 is 2.14 bits per heavy atom. The number of rotatable bonds is 9. The van der Waals surface area contributed by atoms with E-state index >= 15 is 0 Å². The smallest absolute Gasteiger partial charge is 0.387 e. The van der Waals surface area contributed by atoms with Gasteiger partial charge in [0.15, 0.2) is 0 Å². The van der Waals surface area contributed by atoms with Crippen LogP contribution in [0.2, 0.25) is 0 Å². The topological polar surface area (TPSA) is 123 Å². The Labute approximate surface area is 210 Å². The molecule has 10 nitrogen and oxygen atoms in total. The van der Waals surface area contributed by atoms with Crippen LogP contribution < -0.4 is 20.4 Å². The molecule has 0 saturated heterocycles. The molecule has 2 N–H and O–H groups in total. The minimum absolute atomic E-state index is 0.0508. The van der Waals surface area contributed by atoms with Crippen molar-refractivity contribution >= 4 is 34.8 Å². The summed E-state index contributed by atoms with van der Waals surface area (Å²) in [5.74, 6) is -1.89. The average Bonchev–Trinajstić information content (AvgIpc) is 3.72. The van der Waals surface area contributed by atoms with Crippen LogP contribution in [-0.4, -0.2) is 40.9 Å². The number of nitrogens with one attached hydrogen (secondary N) is 2. The standard InChI is InChI=1S/C25H23F2N5O5/c1-2-32(19-7-3-17(4-8-19)30-18-5-9-20(10-6-18)36-24(26)27)23(35)25(11-12-25)22(34)31-37-21(33)16-13-28-15-29-14-16/h3-10,13-15,24,30H,2,11-12H2,1H3,(H,31,34). The fourth-order valence-corrected chi connectivity index (χ4v) is 3.63. The third-order valence-electron chi connectivity index (χ3n) is 5.74. The number of alkyl halides is 2. The Morgan fingerprint density at radius 2 is 1.59 bits per heavy atom. The quantitative estimate of drug-likeness (QED) is 0.328. The average molecular weight is 511 g/mol. The van der Waals surface area contributed by atoms with Gasteiger partial charge in [0.25, 0.3) is 5.91 Å². The van der Waals surface area contributed by atoms with E-state index in [0.717, 1.165) is 0 Å². The second kappa shape index (κ2) is 11.0. The van der Waals surface area contributed by atoms with E-state index in [1.54, 1.807) is 43.3 Å². The molecule has 1 aliphatic carbocycles. The van der Waals surface area contributed by atoms with Crippen LogP contribution in [0.5, 0.6) is 5.75 Å². The maximum atomic E-state index is 13.3. The highest BCUT2D eigenvalue weighted by molar-refractivity contribution is 6.14. The van der Waals surface area contributed by atoms with Gasteiger partial charge >= 0.3 is 12.6 Å². The van der Waals surface area contributed by atoms with Crippen molar-refractivity contribution in [3.05, 3.63) is 72.8 Å². The second-order valence-electron chi connectivity index (χ2n) is 8.15. The van der Waals surface area contributed by atoms with Gasteiger partial charge in [-0.05, 0) is 68.3 Å². The van der Waals surface area contributed by atoms with E-state index < -0.39 is 29.8 Å². The number of benzene rings is 2. The number of carbonyl (C=O) groups excluding carboxylic acids is 3. The number of anilines is 3. The minimum atomic E-state index is -2.89. The van der Waals surface area contributed by atoms with Crippen molar-refractivity contribution in [3.8, 4) is 5.75 Å². The van der Waals surface area contributed by atoms with Crippen LogP contribution >= 0.6 is 0 Å². The first-order valence-electron chi connectivity index (χ1n) is 11.3. The number of hydrogen-bond acceptors (Lipinski definition) is 8. The number of aromatic nitrogens is 2. The zero-order valence-corrected chi connectivity index (χ0v) is 19.7. The molecule has 0 spiro atoms. The monoisotopic (exact) mass is 511 g/mol. The normalized spacial score (nSPS) is 13.4. The Balaban J connectivity index is 1.38. The first kappa shape index (κ1) is 25.5. The number of halogens is 2. The Morgan fingerprint density at radius 1 is 1.00 bits per heavy atom. The molecule has 192 valence electrons. The molecule has 0 unspecified atom stereocenters. The highest BCUT2D eigenvalue weighted by Gasteiger charge is 2.58. The highest BCUT2D eigenvalue weighted by Crippen LogP contribution is 2.48. The van der Waals surface area contributed by atoms with E-state index in [-0.39, 0.29) is 11.3 Å². The predicted molar refractivity (Wildman–Crippen MR) is 128 cm³/mol. The van der Waals surface area contributed by atoms with Crippen molar-refractivity contribution in [1.29, 1.82) is 0 Å². The van der Waals surface area contributed by atoms with Gasteiger partial charge in [-0.2, -0.15) is 14.3 Å². The molecule has 0 atom stereocenters. The van der Waals surface area contributed by atoms with Gasteiger partial charge in [-0.1, -0.05) is 0 Å². The lowest BCUT2D eigenvalue weighted by molar-refractivity contribution is -0.142. The molecule has 0 radical (unpaired) electrons. The first-order chi connectivity index (χ1) is 17.8. The molecule has 0 aliphatic heterocycles. The van der Waals surface area contributed by atoms with Crippen molar-refractivity contribution in [3.63, 3.8) is 0 Å². The van der Waals surface area contributed by atoms with E-state index in [1.165, 1.54) is 35.8 Å². The lowest BCUT2D eigenvalue weighted by atomic mass is 10.0. The van der Waals surface area contributed by atoms with Crippen molar-refractivity contribution in [2.75, 3.05) is 16.8 Å². The molecule has 1 heterocycles. The van der Waals surface area contributed by atoms with Crippen molar-refractivity contribution in [2.24, 2.45) is 5.41 Å². The molecule has 12 heteroatoms. The van der Waals surface area contributed by atoms with Gasteiger partial charge in [0.05, 0.1) is 5.56 Å². The third kappa shape index (κ3) is 5.97. The molecule has 0 bridgehead atoms. The zero-order chi connectivity index (χ0) is 26.4. The summed E-state index contributed by atoms with van der Waals surface area (Å²) in [6.07, 6.45) is 4.39. The van der Waals surface area contributed by atoms with Crippen LogP contribution in [0.15, 0.2) is 67.3 Å². The molecule has 37 heavy (non-hydrogen) atoms. The van der Waals surface area contributed by atoms with Crippen molar-refractivity contribution in [1.82, 2.24) is 15.4 Å². The molecule has 1 aliphatic rings. The Hall–Kier alpha value is -4.61. The first-order valence-corrected chi connectivity index (χ1v) is 11.3. The fourth-order valence-electron chi connectivity index (χ4n) is 3.63. The van der Waals surface area contributed by atoms with Crippen LogP contribution in [0.1, 0.15) is 30.1 Å². The van der Waals surface area contributed by atoms with Gasteiger partial charge in [-0.25, -0.2) is 14.8 Å². The van der Waals surface area contributed by atoms with Gasteiger partial charge in [0.1, 0.15) is 17.5 Å². The highest BCUT2D eigenvalue weighted by atomic mass is 19.3. The van der Waals surface area contributed by atoms with Crippen molar-refractivity contribution in [2.45, 2.75) is 26.4 Å². The van der Waals surface area contributed by atoms with E-state index in [9.17, 15) is 23.2 Å². The predicted octanol–water partition coefficient (Wildman–Crippen LogP) is 3.84. The van der Waals surface area contributed by atoms with E-state index in [1.807, 2.05) is 0 Å². The maximum absolute atomic E-state index is 13.3. The van der Waals surface area contributed by atoms with E-state index in [0.29, 0.717) is 36.4 Å². The lowest BCUT2D eigenvalue weighted by Crippen LogP contribution is -2.46. The summed E-state index contributed by atoms with van der Waals surface area (Å²) >= 11 is 0. The van der Waals surface area contributed by atoms with Gasteiger partial charge in [-0.15, -0.1) is 0 Å². The van der Waals surface area contributed by atoms with Gasteiger partial charge in [0.2, 0.25) is 5.91 Å². The lowest BCUT2D eigenvalue weighted by Gasteiger charge is -2.26. The molecule has 1 aromatic heterocycles. The summed E-state index contributed by atoms with van der Waals surface area (Å²) in [5.41, 5.74) is 2.77. The Bertz CT molecular complexity index is 1250. The number of amides is 2. The molecule has 1 saturated carbocycles. The fraction of sp³-hybridized carbons (Fsp3) is 0.240. The number of hydroxylamine groups is 1. The minimum Gasteiger partial charge on any atom is -0.435 e. The molecule has 3 aromatic rings. The number of carbonyl (C=O) groups is 3. The van der Waals surface area contributed by atoms with Crippen LogP contribution in [0, 0.1) is 5.41 Å². The molecule has 2 aromatic carbocycles. The third-order valence-corrected chi connectivity index (χ3v) is 5.74. The largest absolute Gasteiger partial charge is 0.435 e. The SMILES string of the molecule is CCN(C(=O)C1(C(=O)NOC(=O)c2cncnc2)CC1)c1ccc(Nc2ccc(OC(F)F)cc2)cc1. The van der Waals surface area contributed by atoms with Crippen LogP contribution in [0.25, 0.3) is 0 Å². The van der Waals surface area contributed by atoms with E-state index in [4.69, 9.17) is 4.84 Å². The Kier molecular flexibility index (Phi) is 7.56. The summed E-state index contributed by atoms with van der Waals surface area (Å²) in [7, 11) is 0. The maximum Gasteiger partial charge on any atom is 0.387 e. The zero-order valence-electron chi connectivity index (χ0n) is 19.7. The van der Waals surface area contributed by atoms with Gasteiger partial charge in [0, 0.05) is 36.0 Å². The van der Waals surface area contributed by atoms with Crippen LogP contribution in [0.3, 0.4) is 0 Å². The van der Waals surface area contributed by atoms with Crippen molar-refractivity contribution < 1.29 is 32.7 Å². The second-order valence-corrected chi connectivity index (χ2v) is 8.15.